The topological polar surface area (TPSA) is 4.93 Å². The van der Waals surface area contributed by atoms with Crippen molar-refractivity contribution in [3.8, 4) is 0 Å². The highest BCUT2D eigenvalue weighted by Crippen LogP contribution is 2.23. The van der Waals surface area contributed by atoms with Crippen LogP contribution in [0.3, 0.4) is 0 Å². The molecule has 0 unspecified atom stereocenters. The molecule has 1 aromatic heterocycles. The van der Waals surface area contributed by atoms with Crippen molar-refractivity contribution in [2.75, 3.05) is 27.7 Å². The summed E-state index contributed by atoms with van der Waals surface area (Å²) in [5.74, 6) is 0. The predicted octanol–water partition coefficient (Wildman–Crippen LogP) is 3.03. The van der Waals surface area contributed by atoms with Gasteiger partial charge in [-0.25, -0.2) is 0 Å². The first-order valence-electron chi connectivity index (χ1n) is 10.4. The lowest BCUT2D eigenvalue weighted by Gasteiger charge is -2.23. The number of benzene rings is 1. The lowest BCUT2D eigenvalue weighted by atomic mass is 10.1. The molecular weight excluding hydrogens is 431 g/mol. The lowest BCUT2D eigenvalue weighted by Crippen LogP contribution is -3.00. The Hall–Kier alpha value is -0.550. The SMILES string of the molecule is CCCCCCCCCCn1cc(CC[N+](C)(C)C)c2ccccc21.[I-]. The molecule has 0 spiro atoms. The van der Waals surface area contributed by atoms with Crippen LogP contribution in [-0.4, -0.2) is 36.7 Å². The van der Waals surface area contributed by atoms with Crippen LogP contribution in [0.5, 0.6) is 0 Å². The van der Waals surface area contributed by atoms with Crippen molar-refractivity contribution in [3.05, 3.63) is 36.0 Å². The van der Waals surface area contributed by atoms with Crippen molar-refractivity contribution in [3.63, 3.8) is 0 Å². The van der Waals surface area contributed by atoms with Crippen LogP contribution < -0.4 is 24.0 Å². The molecule has 3 heteroatoms. The number of rotatable bonds is 12. The van der Waals surface area contributed by atoms with Gasteiger partial charge in [0.25, 0.3) is 0 Å². The monoisotopic (exact) mass is 470 g/mol. The first-order valence-corrected chi connectivity index (χ1v) is 10.4. The largest absolute Gasteiger partial charge is 1.00 e. The van der Waals surface area contributed by atoms with Gasteiger partial charge < -0.3 is 33.0 Å². The number of likely N-dealkylation sites (N-methyl/N-ethyl adjacent to an activating group) is 1. The molecule has 0 fully saturated rings. The van der Waals surface area contributed by atoms with Crippen molar-refractivity contribution >= 4 is 10.9 Å². The summed E-state index contributed by atoms with van der Waals surface area (Å²) in [6.07, 6.45) is 14.7. The standard InChI is InChI=1S/C23H39N2.HI/c1-5-6-7-8-9-10-11-14-18-24-20-21(17-19-25(2,3)4)22-15-12-13-16-23(22)24;/h12-13,15-16,20H,5-11,14,17-19H2,1-4H3;1H/q+1;/p-1. The number of quaternary nitrogens is 1. The molecule has 0 N–H and O–H groups in total. The number of unbranched alkanes of at least 4 members (excludes halogenated alkanes) is 7. The summed E-state index contributed by atoms with van der Waals surface area (Å²) in [4.78, 5) is 0. The number of aromatic nitrogens is 1. The minimum Gasteiger partial charge on any atom is -1.00 e. The van der Waals surface area contributed by atoms with Crippen LogP contribution >= 0.6 is 0 Å². The Balaban J connectivity index is 0.00000338. The molecule has 26 heavy (non-hydrogen) atoms. The molecule has 0 aliphatic carbocycles. The van der Waals surface area contributed by atoms with E-state index in [1.807, 2.05) is 0 Å². The molecule has 1 heterocycles. The highest BCUT2D eigenvalue weighted by Gasteiger charge is 2.12. The van der Waals surface area contributed by atoms with E-state index in [1.165, 1.54) is 80.9 Å². The summed E-state index contributed by atoms with van der Waals surface area (Å²) in [5, 5.41) is 1.45. The Morgan fingerprint density at radius 1 is 0.846 bits per heavy atom. The molecule has 0 aliphatic heterocycles. The summed E-state index contributed by atoms with van der Waals surface area (Å²) in [6.45, 7) is 4.64. The third-order valence-corrected chi connectivity index (χ3v) is 5.18. The molecule has 0 saturated carbocycles. The van der Waals surface area contributed by atoms with E-state index >= 15 is 0 Å². The van der Waals surface area contributed by atoms with Crippen molar-refractivity contribution in [2.24, 2.45) is 0 Å². The summed E-state index contributed by atoms with van der Waals surface area (Å²) in [6, 6.07) is 8.94. The second kappa shape index (κ2) is 12.0. The first kappa shape index (κ1) is 23.5. The van der Waals surface area contributed by atoms with E-state index in [0.29, 0.717) is 0 Å². The fraction of sp³-hybridized carbons (Fsp3) is 0.652. The number of nitrogens with zero attached hydrogens (tertiary/aromatic N) is 2. The van der Waals surface area contributed by atoms with Crippen molar-refractivity contribution in [2.45, 2.75) is 71.3 Å². The average molecular weight is 470 g/mol. The van der Waals surface area contributed by atoms with E-state index < -0.39 is 0 Å². The second-order valence-corrected chi connectivity index (χ2v) is 8.60. The fourth-order valence-electron chi connectivity index (χ4n) is 3.58. The highest BCUT2D eigenvalue weighted by molar-refractivity contribution is 5.84. The van der Waals surface area contributed by atoms with Crippen molar-refractivity contribution < 1.29 is 28.5 Å². The van der Waals surface area contributed by atoms with E-state index in [4.69, 9.17) is 0 Å². The summed E-state index contributed by atoms with van der Waals surface area (Å²) in [5.41, 5.74) is 2.94. The maximum Gasteiger partial charge on any atom is 0.0822 e. The zero-order valence-corrected chi connectivity index (χ0v) is 19.6. The molecule has 2 aromatic rings. The van der Waals surface area contributed by atoms with Crippen LogP contribution in [0.4, 0.5) is 0 Å². The molecule has 0 saturated heterocycles. The van der Waals surface area contributed by atoms with E-state index in [9.17, 15) is 0 Å². The molecule has 2 nitrogen and oxygen atoms in total. The van der Waals surface area contributed by atoms with Crippen LogP contribution in [0, 0.1) is 0 Å². The first-order chi connectivity index (χ1) is 12.0. The average Bonchev–Trinajstić information content (AvgIpc) is 2.93. The van der Waals surface area contributed by atoms with Gasteiger partial charge in [0.05, 0.1) is 27.7 Å². The van der Waals surface area contributed by atoms with Gasteiger partial charge in [0.2, 0.25) is 0 Å². The quantitative estimate of drug-likeness (QED) is 0.255. The second-order valence-electron chi connectivity index (χ2n) is 8.60. The summed E-state index contributed by atoms with van der Waals surface area (Å²) < 4.78 is 3.52. The molecule has 0 aliphatic rings. The van der Waals surface area contributed by atoms with Crippen LogP contribution in [0.15, 0.2) is 30.5 Å². The summed E-state index contributed by atoms with van der Waals surface area (Å²) >= 11 is 0. The molecule has 0 radical (unpaired) electrons. The Labute approximate surface area is 178 Å². The van der Waals surface area contributed by atoms with Gasteiger partial charge in [0, 0.05) is 30.1 Å². The van der Waals surface area contributed by atoms with Crippen molar-refractivity contribution in [1.29, 1.82) is 0 Å². The van der Waals surface area contributed by atoms with E-state index in [0.717, 1.165) is 10.9 Å². The minimum absolute atomic E-state index is 0. The van der Waals surface area contributed by atoms with Gasteiger partial charge in [-0.05, 0) is 18.1 Å². The number of para-hydroxylation sites is 1. The smallest absolute Gasteiger partial charge is 0.0822 e. The molecular formula is C23H39IN2. The zero-order chi connectivity index (χ0) is 18.1. The molecule has 0 amide bonds. The third-order valence-electron chi connectivity index (χ3n) is 5.18. The van der Waals surface area contributed by atoms with E-state index in [2.05, 4.69) is 63.1 Å². The Bertz CT molecular complexity index is 625. The number of halogens is 1. The fourth-order valence-corrected chi connectivity index (χ4v) is 3.58. The predicted molar refractivity (Wildman–Crippen MR) is 111 cm³/mol. The van der Waals surface area contributed by atoms with Gasteiger partial charge in [-0.15, -0.1) is 0 Å². The van der Waals surface area contributed by atoms with Crippen molar-refractivity contribution in [1.82, 2.24) is 4.57 Å². The number of fused-ring (bicyclic) bond motifs is 1. The number of hydrogen-bond donors (Lipinski definition) is 0. The molecule has 0 bridgehead atoms. The third kappa shape index (κ3) is 7.99. The maximum atomic E-state index is 2.50. The van der Waals surface area contributed by atoms with Crippen LogP contribution in [0.1, 0.15) is 63.9 Å². The zero-order valence-electron chi connectivity index (χ0n) is 17.4. The number of aryl methyl sites for hydroxylation is 1. The lowest BCUT2D eigenvalue weighted by molar-refractivity contribution is -0.870. The molecule has 0 atom stereocenters. The van der Waals surface area contributed by atoms with Gasteiger partial charge in [-0.1, -0.05) is 70.1 Å². The van der Waals surface area contributed by atoms with Gasteiger partial charge in [-0.3, -0.25) is 0 Å². The Morgan fingerprint density at radius 2 is 1.46 bits per heavy atom. The van der Waals surface area contributed by atoms with Gasteiger partial charge >= 0.3 is 0 Å². The van der Waals surface area contributed by atoms with E-state index in [-0.39, 0.29) is 24.0 Å². The van der Waals surface area contributed by atoms with E-state index in [1.54, 1.807) is 0 Å². The number of hydrogen-bond acceptors (Lipinski definition) is 0. The normalized spacial score (nSPS) is 11.7. The highest BCUT2D eigenvalue weighted by atomic mass is 127. The van der Waals surface area contributed by atoms with Crippen LogP contribution in [0.2, 0.25) is 0 Å². The Morgan fingerprint density at radius 3 is 2.12 bits per heavy atom. The van der Waals surface area contributed by atoms with Gasteiger partial charge in [0.1, 0.15) is 0 Å². The molecule has 2 rings (SSSR count). The van der Waals surface area contributed by atoms with Gasteiger partial charge in [0.15, 0.2) is 0 Å². The maximum absolute atomic E-state index is 2.50. The van der Waals surface area contributed by atoms with Gasteiger partial charge in [-0.2, -0.15) is 0 Å². The summed E-state index contributed by atoms with van der Waals surface area (Å²) in [7, 11) is 6.83. The molecule has 148 valence electrons. The molecule has 1 aromatic carbocycles. The van der Waals surface area contributed by atoms with Crippen LogP contribution in [-0.2, 0) is 13.0 Å². The Kier molecular flexibility index (Phi) is 10.9. The van der Waals surface area contributed by atoms with Crippen LogP contribution in [0.25, 0.3) is 10.9 Å². The minimum atomic E-state index is 0.